The lowest BCUT2D eigenvalue weighted by molar-refractivity contribution is 0.610. The van der Waals surface area contributed by atoms with Gasteiger partial charge in [-0.05, 0) is 36.2 Å². The van der Waals surface area contributed by atoms with Crippen molar-refractivity contribution in [3.05, 3.63) is 71.7 Å². The number of anilines is 3. The predicted molar refractivity (Wildman–Crippen MR) is 92.9 cm³/mol. The Balaban J connectivity index is 1.61. The largest absolute Gasteiger partial charge is 0.368 e. The molecule has 0 aliphatic heterocycles. The molecule has 1 heterocycles. The molecule has 0 radical (unpaired) electrons. The Morgan fingerprint density at radius 1 is 1.12 bits per heavy atom. The summed E-state index contributed by atoms with van der Waals surface area (Å²) in [4.78, 5) is 4.30. The first-order valence-electron chi connectivity index (χ1n) is 7.69. The van der Waals surface area contributed by atoms with E-state index in [2.05, 4.69) is 31.9 Å². The van der Waals surface area contributed by atoms with Crippen LogP contribution in [0.2, 0.25) is 0 Å². The molecule has 0 unspecified atom stereocenters. The van der Waals surface area contributed by atoms with Gasteiger partial charge < -0.3 is 10.6 Å². The van der Waals surface area contributed by atoms with Crippen LogP contribution in [0, 0.1) is 17.1 Å². The number of nitrogens with one attached hydrogen (secondary N) is 2. The Morgan fingerprint density at radius 2 is 2.00 bits per heavy atom. The van der Waals surface area contributed by atoms with Gasteiger partial charge in [-0.3, -0.25) is 0 Å². The molecule has 0 bridgehead atoms. The minimum atomic E-state index is -0.218. The zero-order chi connectivity index (χ0) is 17.5. The molecule has 6 nitrogen and oxygen atoms in total. The van der Waals surface area contributed by atoms with Crippen molar-refractivity contribution in [3.8, 4) is 6.07 Å². The van der Waals surface area contributed by atoms with Crippen LogP contribution < -0.4 is 10.6 Å². The van der Waals surface area contributed by atoms with Gasteiger partial charge in [0.05, 0.1) is 17.8 Å². The fourth-order valence-electron chi connectivity index (χ4n) is 2.26. The second-order valence-electron chi connectivity index (χ2n) is 5.25. The van der Waals surface area contributed by atoms with E-state index in [1.807, 2.05) is 12.1 Å². The number of rotatable bonds is 6. The normalized spacial score (nSPS) is 10.1. The van der Waals surface area contributed by atoms with Gasteiger partial charge in [0.25, 0.3) is 0 Å². The highest BCUT2D eigenvalue weighted by Crippen LogP contribution is 2.15. The van der Waals surface area contributed by atoms with Crippen LogP contribution in [0.1, 0.15) is 11.1 Å². The lowest BCUT2D eigenvalue weighted by Crippen LogP contribution is -2.09. The fraction of sp³-hybridized carbons (Fsp3) is 0.111. The molecule has 0 atom stereocenters. The van der Waals surface area contributed by atoms with Crippen molar-refractivity contribution in [2.24, 2.45) is 0 Å². The molecule has 124 valence electrons. The van der Waals surface area contributed by atoms with Crippen LogP contribution in [0.25, 0.3) is 0 Å². The van der Waals surface area contributed by atoms with Crippen LogP contribution >= 0.6 is 0 Å². The van der Waals surface area contributed by atoms with Crippen LogP contribution in [0.15, 0.2) is 54.7 Å². The predicted octanol–water partition coefficient (Wildman–Crippen LogP) is 3.28. The van der Waals surface area contributed by atoms with Crippen molar-refractivity contribution in [3.63, 3.8) is 0 Å². The van der Waals surface area contributed by atoms with Crippen molar-refractivity contribution >= 4 is 17.5 Å². The summed E-state index contributed by atoms with van der Waals surface area (Å²) < 4.78 is 13.6. The molecular weight excluding hydrogens is 319 g/mol. The molecular formula is C18H15FN6. The molecule has 0 aliphatic rings. The summed E-state index contributed by atoms with van der Waals surface area (Å²) >= 11 is 0. The number of nitrogens with zero attached hydrogens (tertiary/aromatic N) is 4. The van der Waals surface area contributed by atoms with E-state index in [9.17, 15) is 4.39 Å². The zero-order valence-corrected chi connectivity index (χ0v) is 13.3. The van der Waals surface area contributed by atoms with Gasteiger partial charge in [0.1, 0.15) is 5.82 Å². The van der Waals surface area contributed by atoms with Gasteiger partial charge in [0.15, 0.2) is 5.82 Å². The minimum Gasteiger partial charge on any atom is -0.368 e. The summed E-state index contributed by atoms with van der Waals surface area (Å²) in [5, 5.41) is 22.8. The van der Waals surface area contributed by atoms with Gasteiger partial charge in [-0.25, -0.2) is 4.39 Å². The van der Waals surface area contributed by atoms with Gasteiger partial charge in [-0.1, -0.05) is 24.3 Å². The standard InChI is InChI=1S/C18H15FN6/c19-16-7-2-1-5-14(16)8-9-21-17-12-22-25-18(24-17)23-15-6-3-4-13(10-15)11-20/h1-7,10,12H,8-9H2,(H2,21,23,24,25). The van der Waals surface area contributed by atoms with Crippen molar-refractivity contribution < 1.29 is 4.39 Å². The first kappa shape index (κ1) is 16.3. The topological polar surface area (TPSA) is 86.5 Å². The van der Waals surface area contributed by atoms with E-state index in [0.717, 1.165) is 0 Å². The minimum absolute atomic E-state index is 0.218. The van der Waals surface area contributed by atoms with Gasteiger partial charge in [-0.15, -0.1) is 5.10 Å². The number of benzene rings is 2. The average molecular weight is 334 g/mol. The summed E-state index contributed by atoms with van der Waals surface area (Å²) in [6.45, 7) is 0.517. The third-order valence-electron chi connectivity index (χ3n) is 3.46. The summed E-state index contributed by atoms with van der Waals surface area (Å²) in [5.41, 5.74) is 1.88. The lowest BCUT2D eigenvalue weighted by atomic mass is 10.1. The fourth-order valence-corrected chi connectivity index (χ4v) is 2.26. The Hall–Kier alpha value is -3.53. The summed E-state index contributed by atoms with van der Waals surface area (Å²) in [6, 6.07) is 15.7. The van der Waals surface area contributed by atoms with E-state index in [0.29, 0.717) is 41.5 Å². The van der Waals surface area contributed by atoms with E-state index in [1.54, 1.807) is 30.3 Å². The molecule has 0 saturated heterocycles. The maximum absolute atomic E-state index is 13.6. The highest BCUT2D eigenvalue weighted by atomic mass is 19.1. The maximum Gasteiger partial charge on any atom is 0.249 e. The number of nitriles is 1. The summed E-state index contributed by atoms with van der Waals surface area (Å²) in [7, 11) is 0. The Kier molecular flexibility index (Phi) is 5.12. The van der Waals surface area contributed by atoms with Crippen LogP contribution in [0.3, 0.4) is 0 Å². The molecule has 2 N–H and O–H groups in total. The van der Waals surface area contributed by atoms with Crippen molar-refractivity contribution in [2.75, 3.05) is 17.2 Å². The van der Waals surface area contributed by atoms with E-state index in [-0.39, 0.29) is 5.82 Å². The molecule has 0 spiro atoms. The number of halogens is 1. The van der Waals surface area contributed by atoms with Crippen molar-refractivity contribution in [1.29, 1.82) is 5.26 Å². The molecule has 0 amide bonds. The SMILES string of the molecule is N#Cc1cccc(Nc2nncc(NCCc3ccccc3F)n2)c1. The second-order valence-corrected chi connectivity index (χ2v) is 5.25. The Bertz CT molecular complexity index is 906. The molecule has 0 fully saturated rings. The maximum atomic E-state index is 13.6. The molecule has 7 heteroatoms. The smallest absolute Gasteiger partial charge is 0.249 e. The highest BCUT2D eigenvalue weighted by molar-refractivity contribution is 5.56. The van der Waals surface area contributed by atoms with Crippen LogP contribution in [-0.4, -0.2) is 21.7 Å². The quantitative estimate of drug-likeness (QED) is 0.719. The monoisotopic (exact) mass is 334 g/mol. The Morgan fingerprint density at radius 3 is 2.84 bits per heavy atom. The van der Waals surface area contributed by atoms with Crippen LogP contribution in [0.5, 0.6) is 0 Å². The van der Waals surface area contributed by atoms with Crippen LogP contribution in [0.4, 0.5) is 21.8 Å². The molecule has 25 heavy (non-hydrogen) atoms. The summed E-state index contributed by atoms with van der Waals surface area (Å²) in [6.07, 6.45) is 2.03. The van der Waals surface area contributed by atoms with Crippen LogP contribution in [-0.2, 0) is 6.42 Å². The van der Waals surface area contributed by atoms with E-state index in [4.69, 9.17) is 5.26 Å². The van der Waals surface area contributed by atoms with Gasteiger partial charge >= 0.3 is 0 Å². The number of aromatic nitrogens is 3. The third kappa shape index (κ3) is 4.48. The lowest BCUT2D eigenvalue weighted by Gasteiger charge is -2.08. The molecule has 0 aliphatic carbocycles. The first-order valence-corrected chi connectivity index (χ1v) is 7.69. The zero-order valence-electron chi connectivity index (χ0n) is 13.3. The van der Waals surface area contributed by atoms with Gasteiger partial charge in [-0.2, -0.15) is 15.3 Å². The van der Waals surface area contributed by atoms with Gasteiger partial charge in [0.2, 0.25) is 5.95 Å². The highest BCUT2D eigenvalue weighted by Gasteiger charge is 2.04. The number of hydrogen-bond donors (Lipinski definition) is 2. The summed E-state index contributed by atoms with van der Waals surface area (Å²) in [5.74, 6) is 0.626. The molecule has 2 aromatic carbocycles. The third-order valence-corrected chi connectivity index (χ3v) is 3.46. The molecule has 3 rings (SSSR count). The molecule has 1 aromatic heterocycles. The first-order chi connectivity index (χ1) is 12.2. The van der Waals surface area contributed by atoms with E-state index < -0.39 is 0 Å². The van der Waals surface area contributed by atoms with Crippen molar-refractivity contribution in [2.45, 2.75) is 6.42 Å². The Labute approximate surface area is 144 Å². The van der Waals surface area contributed by atoms with E-state index in [1.165, 1.54) is 12.3 Å². The molecule has 3 aromatic rings. The number of hydrogen-bond acceptors (Lipinski definition) is 6. The van der Waals surface area contributed by atoms with E-state index >= 15 is 0 Å². The average Bonchev–Trinajstić information content (AvgIpc) is 2.64. The van der Waals surface area contributed by atoms with Crippen molar-refractivity contribution in [1.82, 2.24) is 15.2 Å². The second kappa shape index (κ2) is 7.84. The van der Waals surface area contributed by atoms with Gasteiger partial charge in [0, 0.05) is 12.2 Å². The molecule has 0 saturated carbocycles.